The van der Waals surface area contributed by atoms with Crippen molar-refractivity contribution in [3.05, 3.63) is 33.8 Å². The quantitative estimate of drug-likeness (QED) is 0.890. The van der Waals surface area contributed by atoms with Gasteiger partial charge in [0.1, 0.15) is 0 Å². The smallest absolute Gasteiger partial charge is 0.275 e. The van der Waals surface area contributed by atoms with Crippen LogP contribution in [0.25, 0.3) is 0 Å². The second kappa shape index (κ2) is 5.02. The molecule has 94 valence electrons. The van der Waals surface area contributed by atoms with Crippen molar-refractivity contribution in [2.24, 2.45) is 0 Å². The number of alkyl halides is 2. The van der Waals surface area contributed by atoms with Gasteiger partial charge >= 0.3 is 0 Å². The van der Waals surface area contributed by atoms with E-state index in [1.54, 1.807) is 19.1 Å². The summed E-state index contributed by atoms with van der Waals surface area (Å²) >= 11 is 3.25. The van der Waals surface area contributed by atoms with Crippen LogP contribution in [0.2, 0.25) is 0 Å². The molecule has 1 unspecified atom stereocenters. The van der Waals surface area contributed by atoms with Crippen molar-refractivity contribution in [2.75, 3.05) is 6.54 Å². The lowest BCUT2D eigenvalue weighted by Crippen LogP contribution is -2.29. The van der Waals surface area contributed by atoms with Crippen molar-refractivity contribution in [3.63, 3.8) is 0 Å². The molecule has 0 spiro atoms. The van der Waals surface area contributed by atoms with Crippen molar-refractivity contribution < 1.29 is 8.78 Å². The van der Waals surface area contributed by atoms with Crippen molar-refractivity contribution in [2.45, 2.75) is 38.2 Å². The van der Waals surface area contributed by atoms with Crippen LogP contribution in [0.4, 0.5) is 8.78 Å². The Kier molecular flexibility index (Phi) is 3.83. The number of benzene rings is 1. The third-order valence-corrected chi connectivity index (χ3v) is 3.75. The number of hydrogen-bond donors (Lipinski definition) is 1. The number of halogens is 3. The number of rotatable bonds is 3. The Morgan fingerprint density at radius 2 is 2.24 bits per heavy atom. The van der Waals surface area contributed by atoms with Crippen LogP contribution in [0.5, 0.6) is 0 Å². The first kappa shape index (κ1) is 13.0. The molecule has 1 N–H and O–H groups in total. The Hall–Kier alpha value is -0.480. The van der Waals surface area contributed by atoms with Gasteiger partial charge in [-0.15, -0.1) is 0 Å². The molecule has 1 aliphatic heterocycles. The maximum atomic E-state index is 14.2. The maximum absolute atomic E-state index is 14.2. The summed E-state index contributed by atoms with van der Waals surface area (Å²) < 4.78 is 29.1. The van der Waals surface area contributed by atoms with Gasteiger partial charge in [-0.25, -0.2) is 8.78 Å². The first-order chi connectivity index (χ1) is 7.99. The fraction of sp³-hybridized carbons (Fsp3) is 0.538. The van der Waals surface area contributed by atoms with Crippen LogP contribution in [-0.2, 0) is 5.92 Å². The molecule has 1 fully saturated rings. The zero-order valence-corrected chi connectivity index (χ0v) is 11.4. The van der Waals surface area contributed by atoms with E-state index in [9.17, 15) is 8.78 Å². The van der Waals surface area contributed by atoms with Gasteiger partial charge in [0, 0.05) is 22.5 Å². The van der Waals surface area contributed by atoms with Crippen molar-refractivity contribution >= 4 is 15.9 Å². The zero-order valence-electron chi connectivity index (χ0n) is 9.77. The number of hydrogen-bond acceptors (Lipinski definition) is 1. The van der Waals surface area contributed by atoms with Crippen LogP contribution in [0.1, 0.15) is 30.4 Å². The molecule has 0 radical (unpaired) electrons. The predicted octanol–water partition coefficient (Wildman–Crippen LogP) is 3.99. The Morgan fingerprint density at radius 3 is 2.88 bits per heavy atom. The van der Waals surface area contributed by atoms with Crippen LogP contribution < -0.4 is 5.32 Å². The fourth-order valence-electron chi connectivity index (χ4n) is 2.34. The highest BCUT2D eigenvalue weighted by molar-refractivity contribution is 9.10. The summed E-state index contributed by atoms with van der Waals surface area (Å²) in [5.74, 6) is -2.75. The molecule has 1 atom stereocenters. The lowest BCUT2D eigenvalue weighted by atomic mass is 9.96. The lowest BCUT2D eigenvalue weighted by Gasteiger charge is -2.22. The van der Waals surface area contributed by atoms with Gasteiger partial charge in [0.25, 0.3) is 5.92 Å². The van der Waals surface area contributed by atoms with Gasteiger partial charge in [-0.05, 0) is 44.0 Å². The van der Waals surface area contributed by atoms with Crippen LogP contribution in [0.15, 0.2) is 22.7 Å². The van der Waals surface area contributed by atoms with Crippen molar-refractivity contribution in [1.29, 1.82) is 0 Å². The molecule has 1 saturated heterocycles. The van der Waals surface area contributed by atoms with Crippen LogP contribution in [-0.4, -0.2) is 12.6 Å². The van der Waals surface area contributed by atoms with E-state index in [1.165, 1.54) is 6.07 Å². The maximum Gasteiger partial charge on any atom is 0.275 e. The Balaban J connectivity index is 2.20. The number of aryl methyl sites for hydroxylation is 1. The summed E-state index contributed by atoms with van der Waals surface area (Å²) in [5, 5.41) is 3.12. The van der Waals surface area contributed by atoms with E-state index in [0.29, 0.717) is 10.0 Å². The molecule has 0 aromatic heterocycles. The molecule has 17 heavy (non-hydrogen) atoms. The molecular weight excluding hydrogens is 288 g/mol. The topological polar surface area (TPSA) is 12.0 Å². The fourth-order valence-corrected chi connectivity index (χ4v) is 2.70. The summed E-state index contributed by atoms with van der Waals surface area (Å²) in [6.45, 7) is 2.59. The monoisotopic (exact) mass is 303 g/mol. The minimum atomic E-state index is -2.75. The van der Waals surface area contributed by atoms with Gasteiger partial charge in [0.15, 0.2) is 0 Å². The lowest BCUT2D eigenvalue weighted by molar-refractivity contribution is -0.0219. The minimum Gasteiger partial charge on any atom is -0.314 e. The van der Waals surface area contributed by atoms with E-state index in [-0.39, 0.29) is 18.0 Å². The van der Waals surface area contributed by atoms with Crippen LogP contribution in [0.3, 0.4) is 0 Å². The average molecular weight is 304 g/mol. The molecule has 0 aliphatic carbocycles. The second-order valence-corrected chi connectivity index (χ2v) is 5.58. The van der Waals surface area contributed by atoms with Gasteiger partial charge in [0.05, 0.1) is 0 Å². The Bertz CT molecular complexity index is 400. The van der Waals surface area contributed by atoms with Gasteiger partial charge in [0.2, 0.25) is 0 Å². The largest absolute Gasteiger partial charge is 0.314 e. The molecule has 1 aliphatic rings. The molecule has 1 heterocycles. The van der Waals surface area contributed by atoms with E-state index in [4.69, 9.17) is 0 Å². The van der Waals surface area contributed by atoms with Gasteiger partial charge < -0.3 is 5.32 Å². The summed E-state index contributed by atoms with van der Waals surface area (Å²) in [6.07, 6.45) is 1.74. The Labute approximate surface area is 109 Å². The molecule has 0 saturated carbocycles. The molecule has 2 rings (SSSR count). The SMILES string of the molecule is Cc1ccc(Br)cc1C(F)(F)CC1CCCN1. The van der Waals surface area contributed by atoms with Gasteiger partial charge in [-0.1, -0.05) is 22.0 Å². The Morgan fingerprint density at radius 1 is 1.47 bits per heavy atom. The average Bonchev–Trinajstić information content (AvgIpc) is 2.73. The summed E-state index contributed by atoms with van der Waals surface area (Å²) in [5.41, 5.74) is 0.789. The van der Waals surface area contributed by atoms with E-state index in [0.717, 1.165) is 19.4 Å². The first-order valence-electron chi connectivity index (χ1n) is 5.87. The highest BCUT2D eigenvalue weighted by atomic mass is 79.9. The highest BCUT2D eigenvalue weighted by Gasteiger charge is 2.36. The standard InChI is InChI=1S/C13H16BrF2N/c1-9-4-5-10(14)7-12(9)13(15,16)8-11-3-2-6-17-11/h4-5,7,11,17H,2-3,6,8H2,1H3. The third-order valence-electron chi connectivity index (χ3n) is 3.26. The molecule has 1 aromatic rings. The molecule has 0 amide bonds. The normalized spacial score (nSPS) is 20.8. The molecule has 4 heteroatoms. The van der Waals surface area contributed by atoms with Gasteiger partial charge in [-0.2, -0.15) is 0 Å². The zero-order chi connectivity index (χ0) is 12.5. The highest BCUT2D eigenvalue weighted by Crippen LogP contribution is 2.37. The van der Waals surface area contributed by atoms with Gasteiger partial charge in [-0.3, -0.25) is 0 Å². The van der Waals surface area contributed by atoms with Crippen molar-refractivity contribution in [3.8, 4) is 0 Å². The first-order valence-corrected chi connectivity index (χ1v) is 6.66. The van der Waals surface area contributed by atoms with E-state index >= 15 is 0 Å². The second-order valence-electron chi connectivity index (χ2n) is 4.66. The third kappa shape index (κ3) is 3.05. The van der Waals surface area contributed by atoms with E-state index in [2.05, 4.69) is 21.2 Å². The molecule has 1 nitrogen and oxygen atoms in total. The summed E-state index contributed by atoms with van der Waals surface area (Å²) in [7, 11) is 0. The minimum absolute atomic E-state index is 0.0524. The summed E-state index contributed by atoms with van der Waals surface area (Å²) in [6, 6.07) is 5.01. The van der Waals surface area contributed by atoms with Crippen LogP contribution in [0, 0.1) is 6.92 Å². The summed E-state index contributed by atoms with van der Waals surface area (Å²) in [4.78, 5) is 0. The predicted molar refractivity (Wildman–Crippen MR) is 68.4 cm³/mol. The molecule has 1 aromatic carbocycles. The van der Waals surface area contributed by atoms with E-state index in [1.807, 2.05) is 0 Å². The van der Waals surface area contributed by atoms with Crippen molar-refractivity contribution in [1.82, 2.24) is 5.32 Å². The van der Waals surface area contributed by atoms with E-state index < -0.39 is 5.92 Å². The molecular formula is C13H16BrF2N. The van der Waals surface area contributed by atoms with Crippen LogP contribution >= 0.6 is 15.9 Å². The molecule has 0 bridgehead atoms. The number of nitrogens with one attached hydrogen (secondary N) is 1.